The number of rotatable bonds is 5. The average molecular weight is 395 g/mol. The minimum Gasteiger partial charge on any atom is -0.495 e. The number of ether oxygens (including phenoxy) is 1. The number of H-pyrrole nitrogens is 1. The maximum atomic E-state index is 6.43. The molecule has 1 N–H and O–H groups in total. The van der Waals surface area contributed by atoms with Crippen molar-refractivity contribution in [3.8, 4) is 17.3 Å². The number of aromatic amines is 1. The number of methoxy groups -OCH3 is 1. The molecule has 28 heavy (non-hydrogen) atoms. The molecule has 1 aliphatic carbocycles. The first kappa shape index (κ1) is 17.2. The Bertz CT molecular complexity index is 1160. The van der Waals surface area contributed by atoms with Gasteiger partial charge in [-0.25, -0.2) is 10.1 Å². The van der Waals surface area contributed by atoms with Crippen LogP contribution in [-0.2, 0) is 12.0 Å². The van der Waals surface area contributed by atoms with E-state index in [1.807, 2.05) is 30.3 Å². The van der Waals surface area contributed by atoms with Crippen molar-refractivity contribution in [2.24, 2.45) is 0 Å². The lowest BCUT2D eigenvalue weighted by molar-refractivity contribution is 0.415. The number of nitrogens with one attached hydrogen (secondary N) is 1. The molecule has 3 aromatic heterocycles. The highest BCUT2D eigenvalue weighted by atomic mass is 35.5. The molecule has 1 saturated carbocycles. The number of nitrogens with zero attached hydrogens (tertiary/aromatic N) is 5. The van der Waals surface area contributed by atoms with Gasteiger partial charge in [0.25, 0.3) is 0 Å². The van der Waals surface area contributed by atoms with Gasteiger partial charge in [-0.1, -0.05) is 24.6 Å². The van der Waals surface area contributed by atoms with E-state index in [0.717, 1.165) is 22.3 Å². The fraction of sp³-hybridized carbons (Fsp3) is 0.300. The SMILES string of the molecule is COc1cc2cc(C3(C)CC3)n(Cc3cccc(-c4nnn[nH]4)n3)c2cc1Cl. The van der Waals surface area contributed by atoms with Gasteiger partial charge in [-0.05, 0) is 53.6 Å². The van der Waals surface area contributed by atoms with Crippen LogP contribution in [0.1, 0.15) is 31.2 Å². The number of hydrogen-bond acceptors (Lipinski definition) is 5. The molecule has 142 valence electrons. The van der Waals surface area contributed by atoms with E-state index in [1.165, 1.54) is 18.5 Å². The first-order chi connectivity index (χ1) is 13.6. The van der Waals surface area contributed by atoms with E-state index < -0.39 is 0 Å². The first-order valence-electron chi connectivity index (χ1n) is 9.15. The van der Waals surface area contributed by atoms with Crippen LogP contribution in [0.4, 0.5) is 0 Å². The Morgan fingerprint density at radius 3 is 2.82 bits per heavy atom. The topological polar surface area (TPSA) is 81.5 Å². The van der Waals surface area contributed by atoms with Crippen LogP contribution in [0.25, 0.3) is 22.4 Å². The zero-order valence-corrected chi connectivity index (χ0v) is 16.4. The van der Waals surface area contributed by atoms with E-state index in [-0.39, 0.29) is 5.41 Å². The van der Waals surface area contributed by atoms with Gasteiger partial charge in [0, 0.05) is 16.5 Å². The highest BCUT2D eigenvalue weighted by molar-refractivity contribution is 6.32. The summed E-state index contributed by atoms with van der Waals surface area (Å²) < 4.78 is 7.72. The largest absolute Gasteiger partial charge is 0.495 e. The van der Waals surface area contributed by atoms with Crippen LogP contribution < -0.4 is 4.74 Å². The molecule has 0 radical (unpaired) electrons. The van der Waals surface area contributed by atoms with Crippen molar-refractivity contribution in [2.45, 2.75) is 31.7 Å². The van der Waals surface area contributed by atoms with Crippen molar-refractivity contribution >= 4 is 22.5 Å². The standard InChI is InChI=1S/C20H19ClN6O/c1-20(6-7-20)18-9-12-8-17(28-2)14(21)10-16(12)27(18)11-13-4-3-5-15(22-13)19-23-25-26-24-19/h3-5,8-10H,6-7,11H2,1-2H3,(H,23,24,25,26). The monoisotopic (exact) mass is 394 g/mol. The summed E-state index contributed by atoms with van der Waals surface area (Å²) in [5.74, 6) is 1.25. The van der Waals surface area contributed by atoms with Crippen LogP contribution in [0.5, 0.6) is 5.75 Å². The van der Waals surface area contributed by atoms with E-state index in [4.69, 9.17) is 21.3 Å². The summed E-state index contributed by atoms with van der Waals surface area (Å²) in [6, 6.07) is 12.1. The first-order valence-corrected chi connectivity index (χ1v) is 9.52. The molecule has 0 saturated heterocycles. The number of benzene rings is 1. The molecular formula is C20H19ClN6O. The van der Waals surface area contributed by atoms with Crippen LogP contribution in [0.3, 0.4) is 0 Å². The summed E-state index contributed by atoms with van der Waals surface area (Å²) in [6.07, 6.45) is 2.37. The fourth-order valence-corrected chi connectivity index (χ4v) is 3.90. The second kappa shape index (κ2) is 6.31. The Morgan fingerprint density at radius 2 is 2.11 bits per heavy atom. The van der Waals surface area contributed by atoms with Gasteiger partial charge in [-0.3, -0.25) is 0 Å². The second-order valence-corrected chi connectivity index (χ2v) is 7.89. The Kier molecular flexibility index (Phi) is 3.87. The third-order valence-electron chi connectivity index (χ3n) is 5.51. The zero-order valence-electron chi connectivity index (χ0n) is 15.6. The molecule has 0 aliphatic heterocycles. The molecule has 4 aromatic rings. The molecule has 1 aromatic carbocycles. The van der Waals surface area contributed by atoms with Gasteiger partial charge in [-0.2, -0.15) is 0 Å². The second-order valence-electron chi connectivity index (χ2n) is 7.49. The van der Waals surface area contributed by atoms with Gasteiger partial charge in [0.15, 0.2) is 5.82 Å². The smallest absolute Gasteiger partial charge is 0.198 e. The minimum absolute atomic E-state index is 0.200. The summed E-state index contributed by atoms with van der Waals surface area (Å²) in [5.41, 5.74) is 4.25. The average Bonchev–Trinajstić information content (AvgIpc) is 3.10. The number of tetrazole rings is 1. The van der Waals surface area contributed by atoms with Gasteiger partial charge in [0.1, 0.15) is 11.4 Å². The normalized spacial score (nSPS) is 15.1. The molecule has 0 bridgehead atoms. The van der Waals surface area contributed by atoms with Gasteiger partial charge in [0.2, 0.25) is 0 Å². The molecule has 7 nitrogen and oxygen atoms in total. The fourth-order valence-electron chi connectivity index (χ4n) is 3.66. The Hall–Kier alpha value is -2.93. The maximum absolute atomic E-state index is 6.43. The molecule has 5 rings (SSSR count). The predicted molar refractivity (Wildman–Crippen MR) is 107 cm³/mol. The van der Waals surface area contributed by atoms with E-state index in [0.29, 0.717) is 23.1 Å². The van der Waals surface area contributed by atoms with Crippen molar-refractivity contribution in [3.05, 3.63) is 52.8 Å². The van der Waals surface area contributed by atoms with E-state index in [9.17, 15) is 0 Å². The van der Waals surface area contributed by atoms with Gasteiger partial charge in [0.05, 0.1) is 29.9 Å². The van der Waals surface area contributed by atoms with Gasteiger partial charge in [-0.15, -0.1) is 5.10 Å². The molecule has 0 unspecified atom stereocenters. The Morgan fingerprint density at radius 1 is 1.25 bits per heavy atom. The van der Waals surface area contributed by atoms with Crippen molar-refractivity contribution in [2.75, 3.05) is 7.11 Å². The van der Waals surface area contributed by atoms with Gasteiger partial charge < -0.3 is 9.30 Å². The number of hydrogen-bond donors (Lipinski definition) is 1. The minimum atomic E-state index is 0.200. The molecule has 8 heteroatoms. The lowest BCUT2D eigenvalue weighted by Gasteiger charge is -2.15. The molecule has 0 amide bonds. The third kappa shape index (κ3) is 2.82. The third-order valence-corrected chi connectivity index (χ3v) is 5.80. The van der Waals surface area contributed by atoms with Crippen molar-refractivity contribution in [3.63, 3.8) is 0 Å². The van der Waals surface area contributed by atoms with Crippen molar-refractivity contribution in [1.29, 1.82) is 0 Å². The molecule has 0 atom stereocenters. The number of fused-ring (bicyclic) bond motifs is 1. The zero-order chi connectivity index (χ0) is 19.3. The maximum Gasteiger partial charge on any atom is 0.198 e. The molecule has 0 spiro atoms. The number of pyridine rings is 1. The summed E-state index contributed by atoms with van der Waals surface area (Å²) >= 11 is 6.43. The summed E-state index contributed by atoms with van der Waals surface area (Å²) in [7, 11) is 1.64. The quantitative estimate of drug-likeness (QED) is 0.553. The van der Waals surface area contributed by atoms with Crippen LogP contribution in [-0.4, -0.2) is 37.3 Å². The number of halogens is 1. The highest BCUT2D eigenvalue weighted by Gasteiger charge is 2.42. The molecule has 1 aliphatic rings. The predicted octanol–water partition coefficient (Wildman–Crippen LogP) is 3.98. The van der Waals surface area contributed by atoms with E-state index in [2.05, 4.69) is 38.2 Å². The Balaban J connectivity index is 1.62. The van der Waals surface area contributed by atoms with Crippen LogP contribution >= 0.6 is 11.6 Å². The van der Waals surface area contributed by atoms with Gasteiger partial charge >= 0.3 is 0 Å². The lowest BCUT2D eigenvalue weighted by Crippen LogP contribution is -2.12. The van der Waals surface area contributed by atoms with Crippen molar-refractivity contribution < 1.29 is 4.74 Å². The summed E-state index contributed by atoms with van der Waals surface area (Å²) in [5, 5.41) is 15.7. The van der Waals surface area contributed by atoms with Crippen LogP contribution in [0.15, 0.2) is 36.4 Å². The molecular weight excluding hydrogens is 376 g/mol. The Labute approximate surface area is 166 Å². The summed E-state index contributed by atoms with van der Waals surface area (Å²) in [4.78, 5) is 4.74. The van der Waals surface area contributed by atoms with Crippen LogP contribution in [0, 0.1) is 0 Å². The molecule has 1 fully saturated rings. The summed E-state index contributed by atoms with van der Waals surface area (Å²) in [6.45, 7) is 2.95. The lowest BCUT2D eigenvalue weighted by atomic mass is 10.1. The molecule has 3 heterocycles. The number of aromatic nitrogens is 6. The van der Waals surface area contributed by atoms with Crippen LogP contribution in [0.2, 0.25) is 5.02 Å². The van der Waals surface area contributed by atoms with E-state index in [1.54, 1.807) is 7.11 Å². The van der Waals surface area contributed by atoms with E-state index >= 15 is 0 Å². The van der Waals surface area contributed by atoms with Crippen molar-refractivity contribution in [1.82, 2.24) is 30.2 Å². The highest BCUT2D eigenvalue weighted by Crippen LogP contribution is 2.49.